The second-order valence-electron chi connectivity index (χ2n) is 5.21. The molecule has 9 heteroatoms. The molecule has 0 aliphatic carbocycles. The lowest BCUT2D eigenvalue weighted by atomic mass is 10.2. The first-order valence-corrected chi connectivity index (χ1v) is 8.62. The van der Waals surface area contributed by atoms with Crippen LogP contribution in [0.4, 0.5) is 0 Å². The number of amides is 1. The zero-order valence-corrected chi connectivity index (χ0v) is 16.8. The van der Waals surface area contributed by atoms with Gasteiger partial charge in [0.05, 0.1) is 5.02 Å². The number of nitrogens with zero attached hydrogens (tertiary/aromatic N) is 2. The molecule has 2 heterocycles. The highest BCUT2D eigenvalue weighted by Gasteiger charge is 2.26. The number of benzene rings is 1. The number of carbonyl (C=O) groups excluding carboxylic acids is 1. The number of thiazole rings is 1. The summed E-state index contributed by atoms with van der Waals surface area (Å²) in [4.78, 5) is 18.9. The fourth-order valence-electron chi connectivity index (χ4n) is 2.45. The molecule has 2 aromatic rings. The lowest BCUT2D eigenvalue weighted by molar-refractivity contribution is 0.0650. The van der Waals surface area contributed by atoms with Gasteiger partial charge in [-0.3, -0.25) is 4.79 Å². The molecule has 3 rings (SSSR count). The van der Waals surface area contributed by atoms with E-state index in [1.807, 2.05) is 17.9 Å². The van der Waals surface area contributed by atoms with Crippen LogP contribution in [-0.4, -0.2) is 41.5 Å². The minimum absolute atomic E-state index is 0. The highest BCUT2D eigenvalue weighted by molar-refractivity contribution is 7.13. The van der Waals surface area contributed by atoms with Crippen molar-refractivity contribution in [1.82, 2.24) is 15.2 Å². The summed E-state index contributed by atoms with van der Waals surface area (Å²) in [5.74, 6) is -0.0263. The summed E-state index contributed by atoms with van der Waals surface area (Å²) >= 11 is 13.5. The standard InChI is InChI=1S/C15H15Cl2N3OS.2ClH/c1-9-7-18-4-5-20(9)15(21)13-8-22-14(19-13)11-3-2-10(16)6-12(11)17;;/h2-3,6,8-9,18H,4-5,7H2,1H3;2*1H/t9-;;/m1../s1. The maximum absolute atomic E-state index is 12.6. The van der Waals surface area contributed by atoms with Gasteiger partial charge in [-0.25, -0.2) is 4.98 Å². The van der Waals surface area contributed by atoms with E-state index >= 15 is 0 Å². The molecule has 1 atom stereocenters. The molecule has 1 saturated heterocycles. The normalized spacial score (nSPS) is 17.0. The summed E-state index contributed by atoms with van der Waals surface area (Å²) in [6.07, 6.45) is 0. The Morgan fingerprint density at radius 1 is 1.38 bits per heavy atom. The maximum Gasteiger partial charge on any atom is 0.273 e. The van der Waals surface area contributed by atoms with Crippen LogP contribution < -0.4 is 5.32 Å². The average molecular weight is 429 g/mol. The lowest BCUT2D eigenvalue weighted by Gasteiger charge is -2.33. The molecule has 4 nitrogen and oxygen atoms in total. The van der Waals surface area contributed by atoms with Crippen molar-refractivity contribution in [3.8, 4) is 10.6 Å². The first-order valence-electron chi connectivity index (χ1n) is 6.99. The molecule has 1 aromatic heterocycles. The predicted molar refractivity (Wildman–Crippen MR) is 105 cm³/mol. The molecule has 1 fully saturated rings. The quantitative estimate of drug-likeness (QED) is 0.771. The molecular formula is C15H17Cl4N3OS. The number of piperazine rings is 1. The molecule has 0 saturated carbocycles. The zero-order valence-electron chi connectivity index (χ0n) is 12.8. The smallest absolute Gasteiger partial charge is 0.273 e. The fraction of sp³-hybridized carbons (Fsp3) is 0.333. The molecule has 0 bridgehead atoms. The molecule has 0 spiro atoms. The number of hydrogen-bond acceptors (Lipinski definition) is 4. The van der Waals surface area contributed by atoms with Gasteiger partial charge in [0.2, 0.25) is 0 Å². The summed E-state index contributed by atoms with van der Waals surface area (Å²) in [5, 5.41) is 6.91. The van der Waals surface area contributed by atoms with Crippen molar-refractivity contribution in [3.05, 3.63) is 39.3 Å². The molecule has 1 N–H and O–H groups in total. The van der Waals surface area contributed by atoms with E-state index in [2.05, 4.69) is 10.3 Å². The third kappa shape index (κ3) is 4.54. The Morgan fingerprint density at radius 3 is 2.79 bits per heavy atom. The van der Waals surface area contributed by atoms with Crippen LogP contribution in [0.25, 0.3) is 10.6 Å². The fourth-order valence-corrected chi connectivity index (χ4v) is 3.84. The molecule has 24 heavy (non-hydrogen) atoms. The van der Waals surface area contributed by atoms with Crippen molar-refractivity contribution in [2.75, 3.05) is 19.6 Å². The van der Waals surface area contributed by atoms with Gasteiger partial charge in [0.1, 0.15) is 10.7 Å². The first kappa shape index (κ1) is 21.5. The van der Waals surface area contributed by atoms with Gasteiger partial charge in [0.25, 0.3) is 5.91 Å². The molecular weight excluding hydrogens is 412 g/mol. The second kappa shape index (κ2) is 9.22. The molecule has 0 radical (unpaired) electrons. The Kier molecular flexibility index (Phi) is 8.26. The highest BCUT2D eigenvalue weighted by atomic mass is 35.5. The number of nitrogens with one attached hydrogen (secondary N) is 1. The Balaban J connectivity index is 0.00000144. The predicted octanol–water partition coefficient (Wildman–Crippen LogP) is 4.39. The average Bonchev–Trinajstić information content (AvgIpc) is 2.96. The number of carbonyl (C=O) groups is 1. The monoisotopic (exact) mass is 427 g/mol. The molecule has 0 unspecified atom stereocenters. The van der Waals surface area contributed by atoms with Crippen molar-refractivity contribution < 1.29 is 4.79 Å². The van der Waals surface area contributed by atoms with E-state index in [0.29, 0.717) is 22.3 Å². The Hall–Kier alpha value is -0.560. The maximum atomic E-state index is 12.6. The molecule has 1 amide bonds. The van der Waals surface area contributed by atoms with Gasteiger partial charge in [0, 0.05) is 41.6 Å². The Morgan fingerprint density at radius 2 is 2.12 bits per heavy atom. The second-order valence-corrected chi connectivity index (χ2v) is 6.92. The van der Waals surface area contributed by atoms with E-state index in [1.165, 1.54) is 11.3 Å². The van der Waals surface area contributed by atoms with Crippen molar-refractivity contribution in [2.45, 2.75) is 13.0 Å². The first-order chi connectivity index (χ1) is 10.6. The largest absolute Gasteiger partial charge is 0.332 e. The summed E-state index contributed by atoms with van der Waals surface area (Å²) < 4.78 is 0. The lowest BCUT2D eigenvalue weighted by Crippen LogP contribution is -2.52. The summed E-state index contributed by atoms with van der Waals surface area (Å²) in [7, 11) is 0. The Bertz CT molecular complexity index is 710. The summed E-state index contributed by atoms with van der Waals surface area (Å²) in [6, 6.07) is 5.44. The van der Waals surface area contributed by atoms with E-state index in [0.717, 1.165) is 23.7 Å². The van der Waals surface area contributed by atoms with Gasteiger partial charge in [-0.1, -0.05) is 23.2 Å². The Labute approximate surface area is 167 Å². The van der Waals surface area contributed by atoms with Gasteiger partial charge < -0.3 is 10.2 Å². The van der Waals surface area contributed by atoms with E-state index in [4.69, 9.17) is 23.2 Å². The van der Waals surface area contributed by atoms with Crippen molar-refractivity contribution in [1.29, 1.82) is 0 Å². The minimum atomic E-state index is -0.0263. The summed E-state index contributed by atoms with van der Waals surface area (Å²) in [5.41, 5.74) is 1.27. The van der Waals surface area contributed by atoms with Crippen LogP contribution in [0.3, 0.4) is 0 Å². The number of halogens is 4. The topological polar surface area (TPSA) is 45.2 Å². The van der Waals surface area contributed by atoms with Crippen LogP contribution in [0, 0.1) is 0 Å². The third-order valence-electron chi connectivity index (χ3n) is 3.65. The molecule has 1 aliphatic heterocycles. The molecule has 1 aromatic carbocycles. The number of aromatic nitrogens is 1. The third-order valence-corrected chi connectivity index (χ3v) is 5.07. The van der Waals surface area contributed by atoms with Crippen LogP contribution >= 0.6 is 59.4 Å². The number of hydrogen-bond donors (Lipinski definition) is 1. The van der Waals surface area contributed by atoms with Crippen molar-refractivity contribution in [3.63, 3.8) is 0 Å². The van der Waals surface area contributed by atoms with Gasteiger partial charge >= 0.3 is 0 Å². The van der Waals surface area contributed by atoms with Crippen LogP contribution in [-0.2, 0) is 0 Å². The number of rotatable bonds is 2. The van der Waals surface area contributed by atoms with Crippen molar-refractivity contribution in [2.24, 2.45) is 0 Å². The summed E-state index contributed by atoms with van der Waals surface area (Å²) in [6.45, 7) is 4.36. The van der Waals surface area contributed by atoms with Crippen LogP contribution in [0.5, 0.6) is 0 Å². The van der Waals surface area contributed by atoms with Crippen LogP contribution in [0.1, 0.15) is 17.4 Å². The van der Waals surface area contributed by atoms with Gasteiger partial charge in [0.15, 0.2) is 0 Å². The van der Waals surface area contributed by atoms with Crippen LogP contribution in [0.15, 0.2) is 23.6 Å². The molecule has 132 valence electrons. The van der Waals surface area contributed by atoms with Crippen molar-refractivity contribution >= 4 is 65.3 Å². The molecule has 1 aliphatic rings. The van der Waals surface area contributed by atoms with Crippen LogP contribution in [0.2, 0.25) is 10.0 Å². The zero-order chi connectivity index (χ0) is 15.7. The minimum Gasteiger partial charge on any atom is -0.332 e. The van der Waals surface area contributed by atoms with Gasteiger partial charge in [-0.15, -0.1) is 36.2 Å². The van der Waals surface area contributed by atoms with Gasteiger partial charge in [-0.2, -0.15) is 0 Å². The highest BCUT2D eigenvalue weighted by Crippen LogP contribution is 2.32. The van der Waals surface area contributed by atoms with E-state index < -0.39 is 0 Å². The van der Waals surface area contributed by atoms with E-state index in [1.54, 1.807) is 17.5 Å². The van der Waals surface area contributed by atoms with E-state index in [9.17, 15) is 4.79 Å². The SMILES string of the molecule is C[C@@H]1CNCCN1C(=O)c1csc(-c2ccc(Cl)cc2Cl)n1.Cl.Cl. The van der Waals surface area contributed by atoms with E-state index in [-0.39, 0.29) is 36.8 Å². The van der Waals surface area contributed by atoms with Gasteiger partial charge in [-0.05, 0) is 25.1 Å².